The molecule has 192 valence electrons. The molecule has 1 fully saturated rings. The van der Waals surface area contributed by atoms with Crippen LogP contribution < -0.4 is 11.5 Å². The number of halogens is 1. The summed E-state index contributed by atoms with van der Waals surface area (Å²) in [4.78, 5) is 36.5. The van der Waals surface area contributed by atoms with E-state index in [4.69, 9.17) is 24.4 Å². The van der Waals surface area contributed by atoms with E-state index in [0.717, 1.165) is 4.57 Å². The van der Waals surface area contributed by atoms with E-state index in [1.54, 1.807) is 26.8 Å². The lowest BCUT2D eigenvalue weighted by molar-refractivity contribution is -0.155. The Morgan fingerprint density at radius 3 is 2.29 bits per heavy atom. The van der Waals surface area contributed by atoms with Crippen molar-refractivity contribution < 1.29 is 32.6 Å². The molecule has 9 nitrogen and oxygen atoms in total. The van der Waals surface area contributed by atoms with E-state index in [-0.39, 0.29) is 24.2 Å². The van der Waals surface area contributed by atoms with Crippen molar-refractivity contribution in [2.75, 3.05) is 0 Å². The number of ether oxygens (including phenoxy) is 3. The second-order valence-electron chi connectivity index (χ2n) is 10.6. The van der Waals surface area contributed by atoms with Crippen molar-refractivity contribution in [1.82, 2.24) is 4.57 Å². The zero-order chi connectivity index (χ0) is 26.3. The second-order valence-corrected chi connectivity index (χ2v) is 10.6. The first-order valence-electron chi connectivity index (χ1n) is 11.4. The van der Waals surface area contributed by atoms with Gasteiger partial charge >= 0.3 is 11.7 Å². The van der Waals surface area contributed by atoms with Crippen LogP contribution in [0.1, 0.15) is 79.2 Å². The third-order valence-electron chi connectivity index (χ3n) is 6.15. The molecular formula is C25H33FN2O7. The van der Waals surface area contributed by atoms with Crippen LogP contribution in [0.25, 0.3) is 11.3 Å². The fourth-order valence-electron chi connectivity index (χ4n) is 3.62. The molecule has 35 heavy (non-hydrogen) atoms. The van der Waals surface area contributed by atoms with Crippen LogP contribution in [0.2, 0.25) is 0 Å². The maximum absolute atomic E-state index is 15.1. The van der Waals surface area contributed by atoms with Gasteiger partial charge in [-0.25, -0.2) is 9.18 Å². The molecule has 1 saturated heterocycles. The van der Waals surface area contributed by atoms with Crippen molar-refractivity contribution in [3.63, 3.8) is 0 Å². The molecule has 1 atom stereocenters. The Kier molecular flexibility index (Phi) is 7.02. The summed E-state index contributed by atoms with van der Waals surface area (Å²) in [5, 5.41) is 0. The van der Waals surface area contributed by atoms with Gasteiger partial charge in [-0.15, -0.1) is 0 Å². The van der Waals surface area contributed by atoms with Gasteiger partial charge in [0.05, 0.1) is 23.0 Å². The van der Waals surface area contributed by atoms with Crippen molar-refractivity contribution in [3.05, 3.63) is 46.3 Å². The van der Waals surface area contributed by atoms with Gasteiger partial charge in [0.25, 0.3) is 0 Å². The lowest BCUT2D eigenvalue weighted by Gasteiger charge is -2.30. The number of hydrogen-bond acceptors (Lipinski definition) is 7. The van der Waals surface area contributed by atoms with Gasteiger partial charge in [-0.3, -0.25) is 14.2 Å². The van der Waals surface area contributed by atoms with Crippen molar-refractivity contribution in [2.45, 2.75) is 90.4 Å². The lowest BCUT2D eigenvalue weighted by atomic mass is 9.90. The summed E-state index contributed by atoms with van der Waals surface area (Å²) >= 11 is 0. The monoisotopic (exact) mass is 492 g/mol. The number of esters is 1. The molecule has 1 amide bonds. The molecule has 10 heteroatoms. The average molecular weight is 493 g/mol. The minimum absolute atomic E-state index is 0.0106. The Labute approximate surface area is 203 Å². The van der Waals surface area contributed by atoms with Gasteiger partial charge in [-0.05, 0) is 67.0 Å². The number of rotatable bonds is 7. The summed E-state index contributed by atoms with van der Waals surface area (Å²) in [6.07, 6.45) is 0.230. The topological polar surface area (TPSA) is 123 Å². The van der Waals surface area contributed by atoms with Crippen LogP contribution in [-0.2, 0) is 23.8 Å². The van der Waals surface area contributed by atoms with Crippen LogP contribution in [0.5, 0.6) is 0 Å². The highest BCUT2D eigenvalue weighted by Gasteiger charge is 2.49. The van der Waals surface area contributed by atoms with Crippen LogP contribution in [0, 0.1) is 5.82 Å². The van der Waals surface area contributed by atoms with E-state index in [2.05, 4.69) is 0 Å². The summed E-state index contributed by atoms with van der Waals surface area (Å²) in [5.41, 5.74) is 4.09. The predicted octanol–water partition coefficient (Wildman–Crippen LogP) is 4.00. The number of oxazole rings is 1. The van der Waals surface area contributed by atoms with Crippen LogP contribution in [0.15, 0.2) is 33.6 Å². The molecule has 1 aliphatic rings. The Morgan fingerprint density at radius 2 is 1.77 bits per heavy atom. The van der Waals surface area contributed by atoms with Gasteiger partial charge in [0.15, 0.2) is 12.1 Å². The average Bonchev–Trinajstić information content (AvgIpc) is 3.16. The van der Waals surface area contributed by atoms with E-state index in [1.807, 2.05) is 27.7 Å². The fraction of sp³-hybridized carbons (Fsp3) is 0.560. The number of amides is 1. The van der Waals surface area contributed by atoms with Crippen molar-refractivity contribution in [1.29, 1.82) is 0 Å². The molecule has 1 unspecified atom stereocenters. The zero-order valence-corrected chi connectivity index (χ0v) is 21.1. The summed E-state index contributed by atoms with van der Waals surface area (Å²) in [7, 11) is 0. The maximum Gasteiger partial charge on any atom is 0.420 e. The molecule has 0 radical (unpaired) electrons. The number of carbonyl (C=O) groups excluding carboxylic acids is 2. The van der Waals surface area contributed by atoms with Gasteiger partial charge in [0.2, 0.25) is 5.91 Å². The number of aromatic nitrogens is 1. The fourth-order valence-corrected chi connectivity index (χ4v) is 3.62. The largest absolute Gasteiger partial charge is 0.460 e. The highest BCUT2D eigenvalue weighted by Crippen LogP contribution is 2.45. The first-order chi connectivity index (χ1) is 16.0. The molecule has 0 bridgehead atoms. The van der Waals surface area contributed by atoms with Gasteiger partial charge < -0.3 is 24.4 Å². The zero-order valence-electron chi connectivity index (χ0n) is 21.1. The first kappa shape index (κ1) is 26.6. The molecule has 0 spiro atoms. The Balaban J connectivity index is 1.82. The third kappa shape index (κ3) is 5.82. The van der Waals surface area contributed by atoms with E-state index < -0.39 is 52.6 Å². The van der Waals surface area contributed by atoms with Crippen molar-refractivity contribution >= 4 is 11.9 Å². The molecule has 2 N–H and O–H groups in total. The number of carbonyl (C=O) groups is 2. The Morgan fingerprint density at radius 1 is 1.17 bits per heavy atom. The van der Waals surface area contributed by atoms with E-state index in [9.17, 15) is 14.4 Å². The molecule has 2 heterocycles. The lowest BCUT2D eigenvalue weighted by Crippen LogP contribution is -2.41. The minimum atomic E-state index is -1.17. The van der Waals surface area contributed by atoms with Crippen LogP contribution >= 0.6 is 0 Å². The van der Waals surface area contributed by atoms with Gasteiger partial charge in [0, 0.05) is 12.0 Å². The third-order valence-corrected chi connectivity index (χ3v) is 6.15. The summed E-state index contributed by atoms with van der Waals surface area (Å²) < 4.78 is 38.4. The second kappa shape index (κ2) is 9.23. The Bertz CT molecular complexity index is 1160. The molecule has 2 aromatic rings. The number of primary amides is 1. The van der Waals surface area contributed by atoms with Gasteiger partial charge in [0.1, 0.15) is 17.5 Å². The highest BCUT2D eigenvalue weighted by atomic mass is 19.1. The molecule has 1 aromatic carbocycles. The maximum atomic E-state index is 15.1. The smallest absolute Gasteiger partial charge is 0.420 e. The molecule has 3 rings (SSSR count). The summed E-state index contributed by atoms with van der Waals surface area (Å²) in [6.45, 7) is 12.7. The number of hydrogen-bond donors (Lipinski definition) is 1. The summed E-state index contributed by atoms with van der Waals surface area (Å²) in [5.74, 6) is -3.02. The first-order valence-corrected chi connectivity index (χ1v) is 11.4. The van der Waals surface area contributed by atoms with Gasteiger partial charge in [-0.2, -0.15) is 0 Å². The minimum Gasteiger partial charge on any atom is -0.460 e. The number of benzene rings is 1. The highest BCUT2D eigenvalue weighted by molar-refractivity contribution is 5.79. The van der Waals surface area contributed by atoms with Crippen molar-refractivity contribution in [3.8, 4) is 11.3 Å². The SMILES string of the molecule is CC(C)(C)OC(=O)CCC(C(N)=O)n1cc(-c2ccc(C3OC(C)(C)C(C)(C)O3)cc2F)oc1=O. The standard InChI is InChI=1S/C25H33FN2O7/c1-23(2,3)33-19(29)11-10-17(20(27)30)28-13-18(32-22(28)31)15-9-8-14(12-16(15)26)21-34-24(4,5)25(6,7)35-21/h8-9,12-13,17,21H,10-11H2,1-7H3,(H2,27,30). The van der Waals surface area contributed by atoms with Crippen LogP contribution in [-0.4, -0.2) is 33.2 Å². The normalized spacial score (nSPS) is 18.4. The quantitative estimate of drug-likeness (QED) is 0.580. The molecule has 0 aliphatic carbocycles. The van der Waals surface area contributed by atoms with Crippen molar-refractivity contribution in [2.24, 2.45) is 5.73 Å². The number of nitrogens with two attached hydrogens (primary N) is 1. The Hall–Kier alpha value is -2.98. The predicted molar refractivity (Wildman–Crippen MR) is 125 cm³/mol. The summed E-state index contributed by atoms with van der Waals surface area (Å²) in [6, 6.07) is 3.15. The molecular weight excluding hydrogens is 459 g/mol. The van der Waals surface area contributed by atoms with Crippen LogP contribution in [0.4, 0.5) is 4.39 Å². The van der Waals surface area contributed by atoms with E-state index >= 15 is 4.39 Å². The van der Waals surface area contributed by atoms with E-state index in [1.165, 1.54) is 18.3 Å². The number of nitrogens with zero attached hydrogens (tertiary/aromatic N) is 1. The van der Waals surface area contributed by atoms with Gasteiger partial charge in [-0.1, -0.05) is 6.07 Å². The molecule has 0 saturated carbocycles. The molecule has 1 aromatic heterocycles. The molecule has 1 aliphatic heterocycles. The van der Waals surface area contributed by atoms with Crippen LogP contribution in [0.3, 0.4) is 0 Å². The van der Waals surface area contributed by atoms with E-state index in [0.29, 0.717) is 5.56 Å².